The van der Waals surface area contributed by atoms with Gasteiger partial charge in [-0.2, -0.15) is 5.10 Å². The highest BCUT2D eigenvalue weighted by molar-refractivity contribution is 6.23. The normalized spacial score (nSPS) is 17.9. The number of amides is 6. The second kappa shape index (κ2) is 26.3. The molecule has 3 atom stereocenters. The number of nitrogens with one attached hydrogen (secondary N) is 3. The van der Waals surface area contributed by atoms with Gasteiger partial charge in [-0.15, -0.1) is 0 Å². The number of imide groups is 2. The molecule has 4 aliphatic heterocycles. The van der Waals surface area contributed by atoms with Crippen molar-refractivity contribution in [2.75, 3.05) is 103 Å². The lowest BCUT2D eigenvalue weighted by atomic mass is 10.0. The fourth-order valence-corrected chi connectivity index (χ4v) is 9.50. The number of aromatic nitrogens is 2. The smallest absolute Gasteiger partial charge is 0.262 e. The Kier molecular flexibility index (Phi) is 18.9. The Morgan fingerprint density at radius 3 is 2.22 bits per heavy atom. The topological polar surface area (TPSA) is 230 Å². The number of halogens is 1. The molecule has 0 bridgehead atoms. The van der Waals surface area contributed by atoms with Crippen molar-refractivity contribution in [3.8, 4) is 5.75 Å². The SMILES string of the molecule is C[C@@H](NC(=O)c1cccc(NCC2=NN(C)C(c3ccncn3)N2C)c1)c1ccc(OCCCCCCOCCOCCOCCC(=O)N2CCN(c3cc4c(cc3F)C(=O)N(C3CCC(=O)NC3=O)C4=O)CC2)cc1. The summed E-state index contributed by atoms with van der Waals surface area (Å²) in [7, 11) is 3.89. The summed E-state index contributed by atoms with van der Waals surface area (Å²) in [5.41, 5.74) is 3.20. The van der Waals surface area contributed by atoms with Crippen molar-refractivity contribution in [1.29, 1.82) is 0 Å². The number of hydrogen-bond acceptors (Lipinski definition) is 17. The van der Waals surface area contributed by atoms with Gasteiger partial charge >= 0.3 is 0 Å². The van der Waals surface area contributed by atoms with E-state index in [1.807, 2.05) is 74.6 Å². The van der Waals surface area contributed by atoms with E-state index in [2.05, 4.69) is 35.9 Å². The van der Waals surface area contributed by atoms with E-state index in [9.17, 15) is 28.8 Å². The fourth-order valence-electron chi connectivity index (χ4n) is 9.50. The van der Waals surface area contributed by atoms with Crippen LogP contribution in [-0.2, 0) is 28.6 Å². The van der Waals surface area contributed by atoms with Crippen molar-refractivity contribution in [1.82, 2.24) is 40.3 Å². The van der Waals surface area contributed by atoms with Crippen molar-refractivity contribution in [2.24, 2.45) is 5.10 Å². The van der Waals surface area contributed by atoms with Gasteiger partial charge in [0.2, 0.25) is 17.7 Å². The first-order chi connectivity index (χ1) is 36.9. The van der Waals surface area contributed by atoms with Gasteiger partial charge in [0.1, 0.15) is 29.8 Å². The van der Waals surface area contributed by atoms with Crippen molar-refractivity contribution < 1.29 is 52.1 Å². The average Bonchev–Trinajstić information content (AvgIpc) is 3.85. The molecule has 2 unspecified atom stereocenters. The van der Waals surface area contributed by atoms with Gasteiger partial charge < -0.3 is 44.3 Å². The number of likely N-dealkylation sites (N-methyl/N-ethyl adjacent to an activating group) is 1. The Balaban J connectivity index is 0.609. The van der Waals surface area contributed by atoms with E-state index in [1.54, 1.807) is 22.1 Å². The summed E-state index contributed by atoms with van der Waals surface area (Å²) in [6.07, 6.45) is 7.19. The van der Waals surface area contributed by atoms with Gasteiger partial charge in [-0.05, 0) is 86.7 Å². The summed E-state index contributed by atoms with van der Waals surface area (Å²) in [6.45, 7) is 6.83. The number of carbonyl (C=O) groups excluding carboxylic acids is 6. The van der Waals surface area contributed by atoms with E-state index < -0.39 is 35.5 Å². The predicted octanol–water partition coefficient (Wildman–Crippen LogP) is 4.54. The molecule has 5 heterocycles. The van der Waals surface area contributed by atoms with Gasteiger partial charge in [-0.1, -0.05) is 24.6 Å². The van der Waals surface area contributed by atoms with E-state index in [-0.39, 0.29) is 66.7 Å². The second-order valence-corrected chi connectivity index (χ2v) is 18.9. The summed E-state index contributed by atoms with van der Waals surface area (Å²) in [6, 6.07) is 18.1. The largest absolute Gasteiger partial charge is 0.494 e. The highest BCUT2D eigenvalue weighted by atomic mass is 19.1. The Hall–Kier alpha value is -7.56. The molecule has 4 aromatic rings. The van der Waals surface area contributed by atoms with Gasteiger partial charge in [0, 0.05) is 70.7 Å². The third-order valence-corrected chi connectivity index (χ3v) is 13.7. The van der Waals surface area contributed by atoms with Crippen LogP contribution in [0.5, 0.6) is 5.75 Å². The van der Waals surface area contributed by atoms with Crippen LogP contribution in [0, 0.1) is 5.82 Å². The first-order valence-corrected chi connectivity index (χ1v) is 25.8. The zero-order valence-corrected chi connectivity index (χ0v) is 43.2. The van der Waals surface area contributed by atoms with Crippen molar-refractivity contribution in [3.63, 3.8) is 0 Å². The molecule has 0 aliphatic carbocycles. The molecule has 404 valence electrons. The quantitative estimate of drug-likeness (QED) is 0.0579. The molecule has 2 fully saturated rings. The third-order valence-electron chi connectivity index (χ3n) is 13.7. The molecule has 3 N–H and O–H groups in total. The highest BCUT2D eigenvalue weighted by Gasteiger charge is 2.45. The summed E-state index contributed by atoms with van der Waals surface area (Å²) < 4.78 is 38.2. The van der Waals surface area contributed by atoms with Gasteiger partial charge in [0.05, 0.1) is 81.2 Å². The number of rotatable bonds is 26. The lowest BCUT2D eigenvalue weighted by molar-refractivity contribution is -0.136. The fraction of sp³-hybridized carbons (Fsp3) is 0.463. The number of amidine groups is 1. The second-order valence-electron chi connectivity index (χ2n) is 18.9. The van der Waals surface area contributed by atoms with E-state index in [0.29, 0.717) is 77.9 Å². The van der Waals surface area contributed by atoms with Crippen molar-refractivity contribution in [3.05, 3.63) is 113 Å². The summed E-state index contributed by atoms with van der Waals surface area (Å²) in [5, 5.41) is 15.2. The molecule has 2 saturated heterocycles. The maximum Gasteiger partial charge on any atom is 0.262 e. The minimum absolute atomic E-state index is 0.00113. The van der Waals surface area contributed by atoms with Gasteiger partial charge in [0.15, 0.2) is 6.17 Å². The van der Waals surface area contributed by atoms with Crippen LogP contribution in [0.15, 0.2) is 84.4 Å². The predicted molar refractivity (Wildman–Crippen MR) is 278 cm³/mol. The maximum atomic E-state index is 15.3. The van der Waals surface area contributed by atoms with Crippen LogP contribution in [0.2, 0.25) is 0 Å². The number of hydrogen-bond donors (Lipinski definition) is 3. The van der Waals surface area contributed by atoms with E-state index in [4.69, 9.17) is 18.9 Å². The Labute approximate surface area is 441 Å². The van der Waals surface area contributed by atoms with E-state index >= 15 is 4.39 Å². The molecule has 1 aromatic heterocycles. The first-order valence-electron chi connectivity index (χ1n) is 25.8. The monoisotopic (exact) mass is 1050 g/mol. The third kappa shape index (κ3) is 13.8. The van der Waals surface area contributed by atoms with Crippen LogP contribution in [0.25, 0.3) is 0 Å². The highest BCUT2D eigenvalue weighted by Crippen LogP contribution is 2.33. The number of ether oxygens (including phenoxy) is 4. The van der Waals surface area contributed by atoms with Crippen LogP contribution in [-0.4, -0.2) is 170 Å². The van der Waals surface area contributed by atoms with Crippen LogP contribution < -0.4 is 25.6 Å². The Morgan fingerprint density at radius 2 is 1.51 bits per heavy atom. The van der Waals surface area contributed by atoms with Crippen LogP contribution in [0.3, 0.4) is 0 Å². The van der Waals surface area contributed by atoms with Gasteiger partial charge in [-0.3, -0.25) is 44.0 Å². The standard InChI is InChI=1S/C54H66FN11O10/c1-36(59-50(69)38-9-8-10-39(31-38)57-34-47-61-63(3)52(62(47)2)44-17-19-56-35-58-44)37-11-13-40(14-12-37)76-25-7-5-4-6-24-73-27-29-75-30-28-74-26-18-49(68)65-22-20-64(21-23-65)46-33-42-41(32-43(46)55)53(71)66(54(42)72)45-15-16-48(67)60-51(45)70/h8-14,17,19,31-33,35-36,45,52,57H,4-7,15-16,18,20-30,34H2,1-3H3,(H,59,69)(H,60,67,70)/t36-,45?,52?/m1/s1. The molecule has 0 saturated carbocycles. The first kappa shape index (κ1) is 54.7. The molecule has 0 radical (unpaired) electrons. The number of carbonyl (C=O) groups is 6. The maximum absolute atomic E-state index is 15.3. The van der Waals surface area contributed by atoms with E-state index in [0.717, 1.165) is 65.2 Å². The summed E-state index contributed by atoms with van der Waals surface area (Å²) in [4.78, 5) is 91.1. The minimum atomic E-state index is -1.14. The summed E-state index contributed by atoms with van der Waals surface area (Å²) >= 11 is 0. The van der Waals surface area contributed by atoms with Crippen LogP contribution in [0.4, 0.5) is 15.8 Å². The number of unbranched alkanes of at least 4 members (excludes halogenated alkanes) is 3. The number of anilines is 2. The van der Waals surface area contributed by atoms with Crippen molar-refractivity contribution >= 4 is 52.7 Å². The van der Waals surface area contributed by atoms with Gasteiger partial charge in [-0.25, -0.2) is 14.4 Å². The van der Waals surface area contributed by atoms with Gasteiger partial charge in [0.25, 0.3) is 17.7 Å². The number of nitrogens with zero attached hydrogens (tertiary/aromatic N) is 8. The Bertz CT molecular complexity index is 2730. The molecular formula is C54H66FN11O10. The van der Waals surface area contributed by atoms with Crippen molar-refractivity contribution in [2.45, 2.75) is 70.1 Å². The number of hydrazone groups is 1. The summed E-state index contributed by atoms with van der Waals surface area (Å²) in [5.74, 6) is -2.01. The molecule has 21 nitrogen and oxygen atoms in total. The average molecular weight is 1050 g/mol. The molecule has 3 aromatic carbocycles. The number of benzene rings is 3. The molecule has 0 spiro atoms. The Morgan fingerprint density at radius 1 is 0.816 bits per heavy atom. The molecule has 22 heteroatoms. The molecular weight excluding hydrogens is 982 g/mol. The van der Waals surface area contributed by atoms with Crippen LogP contribution >= 0.6 is 0 Å². The number of piperazine rings is 1. The van der Waals surface area contributed by atoms with Crippen LogP contribution in [0.1, 0.15) is 106 Å². The minimum Gasteiger partial charge on any atom is -0.494 e. The zero-order chi connectivity index (χ0) is 53.6. The van der Waals surface area contributed by atoms with E-state index in [1.165, 1.54) is 12.4 Å². The molecule has 4 aliphatic rings. The molecule has 6 amide bonds. The number of fused-ring (bicyclic) bond motifs is 1. The lowest BCUT2D eigenvalue weighted by Gasteiger charge is -2.36. The number of piperidine rings is 1. The zero-order valence-electron chi connectivity index (χ0n) is 43.2. The lowest BCUT2D eigenvalue weighted by Crippen LogP contribution is -2.54. The molecule has 8 rings (SSSR count). The molecule has 76 heavy (non-hydrogen) atoms.